The maximum Gasteiger partial charge on any atom is 0.0599 e. The molecule has 0 aromatic carbocycles. The lowest BCUT2D eigenvalue weighted by Gasteiger charge is -2.32. The molecule has 0 unspecified atom stereocenters. The van der Waals surface area contributed by atoms with Gasteiger partial charge >= 0.3 is 0 Å². The van der Waals surface area contributed by atoms with Crippen molar-refractivity contribution in [1.29, 1.82) is 0 Å². The minimum Gasteiger partial charge on any atom is -0.381 e. The predicted octanol–water partition coefficient (Wildman–Crippen LogP) is 3.42. The summed E-state index contributed by atoms with van der Waals surface area (Å²) in [5.41, 5.74) is 0. The van der Waals surface area contributed by atoms with Crippen LogP contribution in [0.25, 0.3) is 0 Å². The topological polar surface area (TPSA) is 21.7 Å². The van der Waals surface area contributed by atoms with Gasteiger partial charge in [-0.3, -0.25) is 4.90 Å². The first kappa shape index (κ1) is 14.8. The van der Waals surface area contributed by atoms with E-state index in [9.17, 15) is 0 Å². The van der Waals surface area contributed by atoms with Crippen molar-refractivity contribution in [2.45, 2.75) is 31.9 Å². The van der Waals surface area contributed by atoms with Gasteiger partial charge in [-0.1, -0.05) is 11.6 Å². The van der Waals surface area contributed by atoms with Crippen LogP contribution in [0.3, 0.4) is 0 Å². The SMILES string of the molecule is Clc1ccsc1CN1CCC(OC[C@H]2CCOC2)CC1. The molecule has 3 heterocycles. The smallest absolute Gasteiger partial charge is 0.0599 e. The lowest BCUT2D eigenvalue weighted by molar-refractivity contribution is -0.0115. The van der Waals surface area contributed by atoms with Crippen LogP contribution in [0, 0.1) is 5.92 Å². The molecule has 0 saturated carbocycles. The minimum atomic E-state index is 0.436. The van der Waals surface area contributed by atoms with Crippen LogP contribution in [0.15, 0.2) is 11.4 Å². The van der Waals surface area contributed by atoms with Gasteiger partial charge in [-0.05, 0) is 30.7 Å². The van der Waals surface area contributed by atoms with Gasteiger partial charge in [0, 0.05) is 37.0 Å². The number of thiophene rings is 1. The van der Waals surface area contributed by atoms with Crippen molar-refractivity contribution in [1.82, 2.24) is 4.90 Å². The Morgan fingerprint density at radius 3 is 2.85 bits per heavy atom. The molecule has 2 fully saturated rings. The fraction of sp³-hybridized carbons (Fsp3) is 0.733. The molecule has 2 saturated heterocycles. The zero-order valence-electron chi connectivity index (χ0n) is 11.7. The van der Waals surface area contributed by atoms with Crippen LogP contribution >= 0.6 is 22.9 Å². The lowest BCUT2D eigenvalue weighted by atomic mass is 10.1. The lowest BCUT2D eigenvalue weighted by Crippen LogP contribution is -2.37. The largest absolute Gasteiger partial charge is 0.381 e. The molecular formula is C15H22ClNO2S. The molecule has 1 atom stereocenters. The van der Waals surface area contributed by atoms with Crippen molar-refractivity contribution in [2.75, 3.05) is 32.9 Å². The van der Waals surface area contributed by atoms with Crippen LogP contribution in [0.5, 0.6) is 0 Å². The number of likely N-dealkylation sites (tertiary alicyclic amines) is 1. The maximum absolute atomic E-state index is 6.16. The molecule has 0 bridgehead atoms. The van der Waals surface area contributed by atoms with E-state index in [1.165, 1.54) is 4.88 Å². The van der Waals surface area contributed by atoms with Gasteiger partial charge < -0.3 is 9.47 Å². The van der Waals surface area contributed by atoms with E-state index in [0.29, 0.717) is 12.0 Å². The second-order valence-corrected chi connectivity index (χ2v) is 7.14. The molecule has 3 rings (SSSR count). The number of hydrogen-bond donors (Lipinski definition) is 0. The van der Waals surface area contributed by atoms with Gasteiger partial charge in [-0.2, -0.15) is 0 Å². The highest BCUT2D eigenvalue weighted by Gasteiger charge is 2.23. The van der Waals surface area contributed by atoms with E-state index in [2.05, 4.69) is 10.3 Å². The molecule has 0 spiro atoms. The molecule has 5 heteroatoms. The summed E-state index contributed by atoms with van der Waals surface area (Å²) in [5.74, 6) is 0.623. The van der Waals surface area contributed by atoms with Crippen LogP contribution in [-0.2, 0) is 16.0 Å². The summed E-state index contributed by atoms with van der Waals surface area (Å²) in [6.45, 7) is 5.88. The minimum absolute atomic E-state index is 0.436. The van der Waals surface area contributed by atoms with Crippen molar-refractivity contribution in [3.05, 3.63) is 21.3 Å². The fourth-order valence-electron chi connectivity index (χ4n) is 2.86. The standard InChI is InChI=1S/C15H22ClNO2S/c16-14-4-8-20-15(14)9-17-5-1-13(2-6-17)19-11-12-3-7-18-10-12/h4,8,12-13H,1-3,5-7,9-11H2/t12-/m0/s1. The molecular weight excluding hydrogens is 294 g/mol. The Morgan fingerprint density at radius 2 is 2.20 bits per heavy atom. The fourth-order valence-corrected chi connectivity index (χ4v) is 4.00. The predicted molar refractivity (Wildman–Crippen MR) is 82.5 cm³/mol. The second kappa shape index (κ2) is 7.23. The van der Waals surface area contributed by atoms with Crippen LogP contribution in [0.2, 0.25) is 5.02 Å². The van der Waals surface area contributed by atoms with Crippen molar-refractivity contribution in [3.8, 4) is 0 Å². The zero-order valence-corrected chi connectivity index (χ0v) is 13.3. The van der Waals surface area contributed by atoms with Gasteiger partial charge in [0.1, 0.15) is 0 Å². The maximum atomic E-state index is 6.16. The summed E-state index contributed by atoms with van der Waals surface area (Å²) in [7, 11) is 0. The number of halogens is 1. The molecule has 2 aliphatic rings. The van der Waals surface area contributed by atoms with Crippen molar-refractivity contribution < 1.29 is 9.47 Å². The highest BCUT2D eigenvalue weighted by molar-refractivity contribution is 7.10. The highest BCUT2D eigenvalue weighted by atomic mass is 35.5. The zero-order chi connectivity index (χ0) is 13.8. The van der Waals surface area contributed by atoms with E-state index in [-0.39, 0.29) is 0 Å². The molecule has 0 aliphatic carbocycles. The third kappa shape index (κ3) is 3.95. The molecule has 1 aromatic rings. The van der Waals surface area contributed by atoms with Crippen LogP contribution in [-0.4, -0.2) is 43.9 Å². The average Bonchev–Trinajstić information content (AvgIpc) is 3.11. The monoisotopic (exact) mass is 315 g/mol. The highest BCUT2D eigenvalue weighted by Crippen LogP contribution is 2.25. The summed E-state index contributed by atoms with van der Waals surface area (Å²) in [4.78, 5) is 3.77. The molecule has 112 valence electrons. The van der Waals surface area contributed by atoms with E-state index >= 15 is 0 Å². The van der Waals surface area contributed by atoms with E-state index in [1.807, 2.05) is 6.07 Å². The third-order valence-corrected chi connectivity index (χ3v) is 5.56. The Kier molecular flexibility index (Phi) is 5.35. The Hall–Kier alpha value is -0.130. The molecule has 0 radical (unpaired) electrons. The van der Waals surface area contributed by atoms with Crippen LogP contribution in [0.4, 0.5) is 0 Å². The van der Waals surface area contributed by atoms with Gasteiger partial charge in [-0.25, -0.2) is 0 Å². The summed E-state index contributed by atoms with van der Waals surface area (Å²) in [5, 5.41) is 2.98. The Morgan fingerprint density at radius 1 is 1.35 bits per heavy atom. The quantitative estimate of drug-likeness (QED) is 0.831. The number of nitrogens with zero attached hydrogens (tertiary/aromatic N) is 1. The van der Waals surface area contributed by atoms with Crippen LogP contribution < -0.4 is 0 Å². The Balaban J connectivity index is 1.37. The summed E-state index contributed by atoms with van der Waals surface area (Å²) >= 11 is 7.91. The molecule has 0 N–H and O–H groups in total. The normalized spacial score (nSPS) is 25.4. The Labute approximate surface area is 129 Å². The van der Waals surface area contributed by atoms with Crippen molar-refractivity contribution >= 4 is 22.9 Å². The molecule has 1 aromatic heterocycles. The van der Waals surface area contributed by atoms with Gasteiger partial charge in [-0.15, -0.1) is 11.3 Å². The van der Waals surface area contributed by atoms with E-state index < -0.39 is 0 Å². The second-order valence-electron chi connectivity index (χ2n) is 5.73. The van der Waals surface area contributed by atoms with Crippen LogP contribution in [0.1, 0.15) is 24.1 Å². The summed E-state index contributed by atoms with van der Waals surface area (Å²) in [6, 6.07) is 1.99. The number of hydrogen-bond acceptors (Lipinski definition) is 4. The van der Waals surface area contributed by atoms with Crippen molar-refractivity contribution in [2.24, 2.45) is 5.92 Å². The van der Waals surface area contributed by atoms with Gasteiger partial charge in [0.15, 0.2) is 0 Å². The molecule has 20 heavy (non-hydrogen) atoms. The van der Waals surface area contributed by atoms with E-state index in [0.717, 1.165) is 63.7 Å². The molecule has 2 aliphatic heterocycles. The van der Waals surface area contributed by atoms with Gasteiger partial charge in [0.2, 0.25) is 0 Å². The number of piperidine rings is 1. The number of ether oxygens (including phenoxy) is 2. The first-order valence-electron chi connectivity index (χ1n) is 7.45. The average molecular weight is 316 g/mol. The molecule has 3 nitrogen and oxygen atoms in total. The van der Waals surface area contributed by atoms with Gasteiger partial charge in [0.25, 0.3) is 0 Å². The number of rotatable bonds is 5. The summed E-state index contributed by atoms with van der Waals surface area (Å²) < 4.78 is 11.4. The van der Waals surface area contributed by atoms with E-state index in [1.54, 1.807) is 11.3 Å². The van der Waals surface area contributed by atoms with Gasteiger partial charge in [0.05, 0.1) is 24.3 Å². The third-order valence-electron chi connectivity index (χ3n) is 4.18. The Bertz CT molecular complexity index is 412. The van der Waals surface area contributed by atoms with E-state index in [4.69, 9.17) is 21.1 Å². The first-order chi connectivity index (χ1) is 9.81. The summed E-state index contributed by atoms with van der Waals surface area (Å²) in [6.07, 6.45) is 3.87. The van der Waals surface area contributed by atoms with Crippen molar-refractivity contribution in [3.63, 3.8) is 0 Å². The first-order valence-corrected chi connectivity index (χ1v) is 8.70. The molecule has 0 amide bonds.